The molecule has 6 heteroatoms. The van der Waals surface area contributed by atoms with Gasteiger partial charge < -0.3 is 20.0 Å². The van der Waals surface area contributed by atoms with E-state index in [0.717, 1.165) is 50.6 Å². The van der Waals surface area contributed by atoms with Gasteiger partial charge in [-0.05, 0) is 37.8 Å². The highest BCUT2D eigenvalue weighted by Crippen LogP contribution is 2.20. The summed E-state index contributed by atoms with van der Waals surface area (Å²) in [5.74, 6) is 2.56. The van der Waals surface area contributed by atoms with Gasteiger partial charge in [0.1, 0.15) is 5.76 Å². The fourth-order valence-electron chi connectivity index (χ4n) is 2.87. The quantitative estimate of drug-likeness (QED) is 0.617. The van der Waals surface area contributed by atoms with Crippen molar-refractivity contribution in [2.24, 2.45) is 10.9 Å². The fourth-order valence-corrected chi connectivity index (χ4v) is 2.87. The lowest BCUT2D eigenvalue weighted by Gasteiger charge is -2.34. The Labute approximate surface area is 138 Å². The van der Waals surface area contributed by atoms with Crippen molar-refractivity contribution >= 4 is 11.9 Å². The molecule has 1 aliphatic rings. The van der Waals surface area contributed by atoms with Crippen LogP contribution in [0, 0.1) is 5.92 Å². The Hall–Kier alpha value is -1.98. The molecule has 1 fully saturated rings. The summed E-state index contributed by atoms with van der Waals surface area (Å²) in [7, 11) is 1.70. The molecular formula is C17H28N4O2. The van der Waals surface area contributed by atoms with Crippen molar-refractivity contribution in [1.29, 1.82) is 0 Å². The molecule has 0 atom stereocenters. The summed E-state index contributed by atoms with van der Waals surface area (Å²) in [6, 6.07) is 3.88. The minimum Gasteiger partial charge on any atom is -0.469 e. The molecule has 2 N–H and O–H groups in total. The van der Waals surface area contributed by atoms with Crippen LogP contribution in [0.3, 0.4) is 0 Å². The Balaban J connectivity index is 1.82. The Kier molecular flexibility index (Phi) is 6.97. The predicted molar refractivity (Wildman–Crippen MR) is 91.4 cm³/mol. The molecule has 0 aliphatic carbocycles. The summed E-state index contributed by atoms with van der Waals surface area (Å²) in [5.41, 5.74) is 0. The van der Waals surface area contributed by atoms with Crippen molar-refractivity contribution in [3.8, 4) is 0 Å². The SMILES string of the molecule is CCNC(=NCCc1ccco1)N1CCC(CC(=O)NC)CC1. The van der Waals surface area contributed by atoms with E-state index in [0.29, 0.717) is 18.9 Å². The first-order valence-corrected chi connectivity index (χ1v) is 8.49. The van der Waals surface area contributed by atoms with Gasteiger partial charge in [0.15, 0.2) is 5.96 Å². The number of rotatable bonds is 6. The number of likely N-dealkylation sites (tertiary alicyclic amines) is 1. The van der Waals surface area contributed by atoms with Crippen LogP contribution in [0.5, 0.6) is 0 Å². The normalized spacial score (nSPS) is 16.4. The number of amides is 1. The molecule has 0 saturated carbocycles. The van der Waals surface area contributed by atoms with Crippen molar-refractivity contribution in [3.63, 3.8) is 0 Å². The molecule has 1 saturated heterocycles. The van der Waals surface area contributed by atoms with Crippen LogP contribution in [0.1, 0.15) is 31.9 Å². The maximum absolute atomic E-state index is 11.5. The van der Waals surface area contributed by atoms with Gasteiger partial charge in [-0.1, -0.05) is 0 Å². The van der Waals surface area contributed by atoms with E-state index < -0.39 is 0 Å². The number of guanidine groups is 1. The van der Waals surface area contributed by atoms with Crippen molar-refractivity contribution in [2.45, 2.75) is 32.6 Å². The van der Waals surface area contributed by atoms with Crippen LogP contribution in [0.4, 0.5) is 0 Å². The van der Waals surface area contributed by atoms with E-state index in [1.54, 1.807) is 13.3 Å². The van der Waals surface area contributed by atoms with Gasteiger partial charge >= 0.3 is 0 Å². The van der Waals surface area contributed by atoms with Crippen LogP contribution in [0.2, 0.25) is 0 Å². The zero-order valence-electron chi connectivity index (χ0n) is 14.2. The van der Waals surface area contributed by atoms with Gasteiger partial charge in [0.2, 0.25) is 5.91 Å². The Morgan fingerprint density at radius 3 is 2.83 bits per heavy atom. The second-order valence-corrected chi connectivity index (χ2v) is 5.87. The molecule has 0 radical (unpaired) electrons. The molecule has 128 valence electrons. The maximum Gasteiger partial charge on any atom is 0.220 e. The van der Waals surface area contributed by atoms with E-state index in [-0.39, 0.29) is 5.91 Å². The molecule has 2 rings (SSSR count). The van der Waals surface area contributed by atoms with Gasteiger partial charge in [-0.15, -0.1) is 0 Å². The van der Waals surface area contributed by atoms with Gasteiger partial charge in [-0.25, -0.2) is 0 Å². The Morgan fingerprint density at radius 1 is 1.43 bits per heavy atom. The fraction of sp³-hybridized carbons (Fsp3) is 0.647. The van der Waals surface area contributed by atoms with Crippen LogP contribution >= 0.6 is 0 Å². The van der Waals surface area contributed by atoms with E-state index in [1.165, 1.54) is 0 Å². The zero-order chi connectivity index (χ0) is 16.5. The smallest absolute Gasteiger partial charge is 0.220 e. The molecule has 0 aromatic carbocycles. The molecule has 1 aromatic rings. The number of carbonyl (C=O) groups excluding carboxylic acids is 1. The lowest BCUT2D eigenvalue weighted by molar-refractivity contribution is -0.121. The molecule has 0 bridgehead atoms. The van der Waals surface area contributed by atoms with Crippen LogP contribution < -0.4 is 10.6 Å². The summed E-state index contributed by atoms with van der Waals surface area (Å²) in [5, 5.41) is 6.08. The van der Waals surface area contributed by atoms with Crippen molar-refractivity contribution in [1.82, 2.24) is 15.5 Å². The van der Waals surface area contributed by atoms with Crippen LogP contribution in [0.25, 0.3) is 0 Å². The molecular weight excluding hydrogens is 292 g/mol. The first-order valence-electron chi connectivity index (χ1n) is 8.49. The highest BCUT2D eigenvalue weighted by molar-refractivity contribution is 5.80. The molecule has 2 heterocycles. The number of nitrogens with one attached hydrogen (secondary N) is 2. The topological polar surface area (TPSA) is 69.9 Å². The van der Waals surface area contributed by atoms with Crippen LogP contribution in [-0.4, -0.2) is 50.0 Å². The van der Waals surface area contributed by atoms with Gasteiger partial charge in [-0.3, -0.25) is 9.79 Å². The van der Waals surface area contributed by atoms with E-state index in [2.05, 4.69) is 22.5 Å². The molecule has 1 aliphatic heterocycles. The van der Waals surface area contributed by atoms with E-state index in [9.17, 15) is 4.79 Å². The average Bonchev–Trinajstić information content (AvgIpc) is 3.08. The number of hydrogen-bond acceptors (Lipinski definition) is 3. The summed E-state index contributed by atoms with van der Waals surface area (Å²) in [4.78, 5) is 18.5. The Bertz CT molecular complexity index is 491. The summed E-state index contributed by atoms with van der Waals surface area (Å²) < 4.78 is 5.34. The molecule has 1 amide bonds. The number of piperidine rings is 1. The Morgan fingerprint density at radius 2 is 2.22 bits per heavy atom. The molecule has 6 nitrogen and oxygen atoms in total. The second-order valence-electron chi connectivity index (χ2n) is 5.87. The lowest BCUT2D eigenvalue weighted by Crippen LogP contribution is -2.46. The van der Waals surface area contributed by atoms with Crippen molar-refractivity contribution in [2.75, 3.05) is 33.2 Å². The summed E-state index contributed by atoms with van der Waals surface area (Å²) >= 11 is 0. The first kappa shape index (κ1) is 17.4. The standard InChI is InChI=1S/C17H28N4O2/c1-3-19-17(20-9-6-15-5-4-12-23-15)21-10-7-14(8-11-21)13-16(22)18-2/h4-5,12,14H,3,6-11,13H2,1-2H3,(H,18,22)(H,19,20). The molecule has 0 unspecified atom stereocenters. The number of hydrogen-bond donors (Lipinski definition) is 2. The minimum atomic E-state index is 0.141. The second kappa shape index (κ2) is 9.22. The molecule has 23 heavy (non-hydrogen) atoms. The highest BCUT2D eigenvalue weighted by atomic mass is 16.3. The highest BCUT2D eigenvalue weighted by Gasteiger charge is 2.22. The maximum atomic E-state index is 11.5. The van der Waals surface area contributed by atoms with Gasteiger partial charge in [0, 0.05) is 46.1 Å². The third-order valence-electron chi connectivity index (χ3n) is 4.20. The lowest BCUT2D eigenvalue weighted by atomic mass is 9.93. The van der Waals surface area contributed by atoms with E-state index >= 15 is 0 Å². The van der Waals surface area contributed by atoms with Gasteiger partial charge in [0.25, 0.3) is 0 Å². The zero-order valence-corrected chi connectivity index (χ0v) is 14.2. The number of furan rings is 1. The molecule has 0 spiro atoms. The average molecular weight is 320 g/mol. The summed E-state index contributed by atoms with van der Waals surface area (Å²) in [6.45, 7) is 5.56. The van der Waals surface area contributed by atoms with E-state index in [4.69, 9.17) is 9.41 Å². The first-order chi connectivity index (χ1) is 11.2. The third kappa shape index (κ3) is 5.62. The molecule has 1 aromatic heterocycles. The van der Waals surface area contributed by atoms with Gasteiger partial charge in [0.05, 0.1) is 6.26 Å². The van der Waals surface area contributed by atoms with Crippen LogP contribution in [-0.2, 0) is 11.2 Å². The predicted octanol–water partition coefficient (Wildman–Crippen LogP) is 1.64. The number of aliphatic imine (C=N–C) groups is 1. The van der Waals surface area contributed by atoms with Crippen molar-refractivity contribution < 1.29 is 9.21 Å². The minimum absolute atomic E-state index is 0.141. The number of nitrogens with zero attached hydrogens (tertiary/aromatic N) is 2. The third-order valence-corrected chi connectivity index (χ3v) is 4.20. The van der Waals surface area contributed by atoms with Gasteiger partial charge in [-0.2, -0.15) is 0 Å². The van der Waals surface area contributed by atoms with E-state index in [1.807, 2.05) is 12.1 Å². The summed E-state index contributed by atoms with van der Waals surface area (Å²) in [6.07, 6.45) is 5.22. The van der Waals surface area contributed by atoms with Crippen molar-refractivity contribution in [3.05, 3.63) is 24.2 Å². The monoisotopic (exact) mass is 320 g/mol. The van der Waals surface area contributed by atoms with Crippen LogP contribution in [0.15, 0.2) is 27.8 Å². The largest absolute Gasteiger partial charge is 0.469 e. The number of carbonyl (C=O) groups is 1.